The summed E-state index contributed by atoms with van der Waals surface area (Å²) in [5, 5.41) is 0. The molecule has 0 rings (SSSR count). The Morgan fingerprint density at radius 1 is 1.56 bits per heavy atom. The Labute approximate surface area is 60.4 Å². The number of rotatable bonds is 5. The largest absolute Gasteiger partial charge is 0.322 e. The van der Waals surface area contributed by atoms with Gasteiger partial charge in [0.2, 0.25) is 0 Å². The molecule has 0 bridgehead atoms. The van der Waals surface area contributed by atoms with E-state index in [1.807, 2.05) is 0 Å². The Morgan fingerprint density at radius 3 is 2.67 bits per heavy atom. The predicted molar refractivity (Wildman–Crippen MR) is 38.6 cm³/mol. The number of nitrogens with two attached hydrogens (primary N) is 1. The standard InChI is InChI=1S/C6H12ClNO/c7-4-2-1-3-6(8)5-9/h5-6H,1-4,8H2. The lowest BCUT2D eigenvalue weighted by atomic mass is 10.1. The Balaban J connectivity index is 2.96. The number of carbonyl (C=O) groups is 1. The fourth-order valence-electron chi connectivity index (χ4n) is 0.543. The van der Waals surface area contributed by atoms with Gasteiger partial charge in [0.05, 0.1) is 6.04 Å². The van der Waals surface area contributed by atoms with Crippen molar-refractivity contribution in [3.8, 4) is 0 Å². The van der Waals surface area contributed by atoms with Crippen LogP contribution in [0.4, 0.5) is 0 Å². The number of unbranched alkanes of at least 4 members (excludes halogenated alkanes) is 1. The van der Waals surface area contributed by atoms with Crippen molar-refractivity contribution < 1.29 is 4.79 Å². The monoisotopic (exact) mass is 149 g/mol. The summed E-state index contributed by atoms with van der Waals surface area (Å²) in [5.41, 5.74) is 5.30. The van der Waals surface area contributed by atoms with Gasteiger partial charge in [0, 0.05) is 5.88 Å². The van der Waals surface area contributed by atoms with Crippen LogP contribution in [0.25, 0.3) is 0 Å². The number of alkyl halides is 1. The van der Waals surface area contributed by atoms with E-state index in [4.69, 9.17) is 17.3 Å². The van der Waals surface area contributed by atoms with Gasteiger partial charge in [0.25, 0.3) is 0 Å². The second-order valence-corrected chi connectivity index (χ2v) is 2.36. The number of aldehydes is 1. The molecule has 54 valence electrons. The van der Waals surface area contributed by atoms with Crippen LogP contribution in [0.2, 0.25) is 0 Å². The van der Waals surface area contributed by atoms with Gasteiger partial charge in [-0.3, -0.25) is 0 Å². The summed E-state index contributed by atoms with van der Waals surface area (Å²) >= 11 is 5.40. The van der Waals surface area contributed by atoms with Crippen LogP contribution in [0.15, 0.2) is 0 Å². The predicted octanol–water partition coefficient (Wildman–Crippen LogP) is 0.922. The first-order valence-electron chi connectivity index (χ1n) is 3.08. The van der Waals surface area contributed by atoms with Crippen molar-refractivity contribution in [1.29, 1.82) is 0 Å². The summed E-state index contributed by atoms with van der Waals surface area (Å²) in [7, 11) is 0. The highest BCUT2D eigenvalue weighted by molar-refractivity contribution is 6.17. The number of hydrogen-bond acceptors (Lipinski definition) is 2. The second-order valence-electron chi connectivity index (χ2n) is 1.98. The van der Waals surface area contributed by atoms with E-state index in [1.54, 1.807) is 0 Å². The molecule has 1 atom stereocenters. The zero-order valence-corrected chi connectivity index (χ0v) is 6.10. The fraction of sp³-hybridized carbons (Fsp3) is 0.833. The molecule has 0 heterocycles. The SMILES string of the molecule is NC(C=O)CCCCCl. The van der Waals surface area contributed by atoms with Crippen LogP contribution in [-0.2, 0) is 4.79 Å². The van der Waals surface area contributed by atoms with E-state index in [1.165, 1.54) is 0 Å². The molecule has 1 unspecified atom stereocenters. The minimum Gasteiger partial charge on any atom is -0.322 e. The molecule has 0 aliphatic heterocycles. The first-order chi connectivity index (χ1) is 4.31. The van der Waals surface area contributed by atoms with Gasteiger partial charge < -0.3 is 10.5 Å². The van der Waals surface area contributed by atoms with Crippen molar-refractivity contribution in [3.05, 3.63) is 0 Å². The Kier molecular flexibility index (Phi) is 5.99. The minimum atomic E-state index is -0.284. The van der Waals surface area contributed by atoms with Crippen LogP contribution in [0, 0.1) is 0 Å². The molecule has 0 aromatic rings. The van der Waals surface area contributed by atoms with Gasteiger partial charge in [-0.25, -0.2) is 0 Å². The van der Waals surface area contributed by atoms with Gasteiger partial charge in [-0.15, -0.1) is 11.6 Å². The van der Waals surface area contributed by atoms with Crippen LogP contribution in [0.5, 0.6) is 0 Å². The van der Waals surface area contributed by atoms with E-state index in [0.29, 0.717) is 5.88 Å². The van der Waals surface area contributed by atoms with Crippen LogP contribution < -0.4 is 5.73 Å². The maximum Gasteiger partial charge on any atom is 0.136 e. The molecule has 2 nitrogen and oxygen atoms in total. The van der Waals surface area contributed by atoms with E-state index >= 15 is 0 Å². The quantitative estimate of drug-likeness (QED) is 0.359. The molecule has 3 heteroatoms. The fourth-order valence-corrected chi connectivity index (χ4v) is 0.732. The molecule has 0 aliphatic rings. The van der Waals surface area contributed by atoms with Crippen molar-refractivity contribution in [2.24, 2.45) is 5.73 Å². The second kappa shape index (κ2) is 6.05. The lowest BCUT2D eigenvalue weighted by molar-refractivity contribution is -0.109. The summed E-state index contributed by atoms with van der Waals surface area (Å²) in [5.74, 6) is 0.658. The molecular weight excluding hydrogens is 138 g/mol. The molecule has 0 aliphatic carbocycles. The molecule has 0 spiro atoms. The topological polar surface area (TPSA) is 43.1 Å². The lowest BCUT2D eigenvalue weighted by Crippen LogP contribution is -2.20. The third-order valence-corrected chi connectivity index (χ3v) is 1.36. The van der Waals surface area contributed by atoms with Crippen molar-refractivity contribution in [3.63, 3.8) is 0 Å². The molecule has 0 fully saturated rings. The number of carbonyl (C=O) groups excluding carboxylic acids is 1. The summed E-state index contributed by atoms with van der Waals surface area (Å²) in [4.78, 5) is 9.94. The van der Waals surface area contributed by atoms with E-state index in [2.05, 4.69) is 0 Å². The van der Waals surface area contributed by atoms with Gasteiger partial charge in [0.1, 0.15) is 6.29 Å². The average molecular weight is 150 g/mol. The summed E-state index contributed by atoms with van der Waals surface area (Å²) in [6.07, 6.45) is 3.43. The van der Waals surface area contributed by atoms with E-state index < -0.39 is 0 Å². The van der Waals surface area contributed by atoms with Gasteiger partial charge in [-0.1, -0.05) is 6.42 Å². The molecule has 0 amide bonds. The Bertz CT molecular complexity index is 77.5. The van der Waals surface area contributed by atoms with Crippen LogP contribution in [-0.4, -0.2) is 18.2 Å². The normalized spacial score (nSPS) is 13.1. The highest BCUT2D eigenvalue weighted by atomic mass is 35.5. The molecule has 0 saturated heterocycles. The number of hydrogen-bond donors (Lipinski definition) is 1. The van der Waals surface area contributed by atoms with E-state index in [-0.39, 0.29) is 6.04 Å². The summed E-state index contributed by atoms with van der Waals surface area (Å²) < 4.78 is 0. The zero-order chi connectivity index (χ0) is 7.11. The van der Waals surface area contributed by atoms with E-state index in [9.17, 15) is 4.79 Å². The molecule has 0 radical (unpaired) electrons. The Morgan fingerprint density at radius 2 is 2.22 bits per heavy atom. The zero-order valence-electron chi connectivity index (χ0n) is 5.35. The smallest absolute Gasteiger partial charge is 0.136 e. The maximum atomic E-state index is 9.94. The van der Waals surface area contributed by atoms with Crippen LogP contribution >= 0.6 is 11.6 Å². The maximum absolute atomic E-state index is 9.94. The lowest BCUT2D eigenvalue weighted by Gasteiger charge is -1.99. The first kappa shape index (κ1) is 8.92. The summed E-state index contributed by atoms with van der Waals surface area (Å²) in [6, 6.07) is -0.284. The third kappa shape index (κ3) is 5.80. The van der Waals surface area contributed by atoms with Gasteiger partial charge in [-0.2, -0.15) is 0 Å². The third-order valence-electron chi connectivity index (χ3n) is 1.10. The average Bonchev–Trinajstić information content (AvgIpc) is 1.89. The summed E-state index contributed by atoms with van der Waals surface area (Å²) in [6.45, 7) is 0. The number of halogens is 1. The van der Waals surface area contributed by atoms with Crippen LogP contribution in [0.3, 0.4) is 0 Å². The molecule has 2 N–H and O–H groups in total. The van der Waals surface area contributed by atoms with Crippen molar-refractivity contribution >= 4 is 17.9 Å². The first-order valence-corrected chi connectivity index (χ1v) is 3.61. The van der Waals surface area contributed by atoms with Crippen molar-refractivity contribution in [2.45, 2.75) is 25.3 Å². The van der Waals surface area contributed by atoms with Crippen LogP contribution in [0.1, 0.15) is 19.3 Å². The van der Waals surface area contributed by atoms with Crippen molar-refractivity contribution in [1.82, 2.24) is 0 Å². The molecule has 0 aromatic carbocycles. The molecule has 0 aromatic heterocycles. The minimum absolute atomic E-state index is 0.284. The molecule has 9 heavy (non-hydrogen) atoms. The highest BCUT2D eigenvalue weighted by Gasteiger charge is 1.97. The van der Waals surface area contributed by atoms with Gasteiger partial charge in [0.15, 0.2) is 0 Å². The van der Waals surface area contributed by atoms with Gasteiger partial charge in [-0.05, 0) is 12.8 Å². The molecule has 0 saturated carbocycles. The molecular formula is C6H12ClNO. The Hall–Kier alpha value is -0.0800. The van der Waals surface area contributed by atoms with E-state index in [0.717, 1.165) is 25.5 Å². The van der Waals surface area contributed by atoms with Gasteiger partial charge >= 0.3 is 0 Å². The van der Waals surface area contributed by atoms with Crippen molar-refractivity contribution in [2.75, 3.05) is 5.88 Å². The highest BCUT2D eigenvalue weighted by Crippen LogP contribution is 1.97.